The van der Waals surface area contributed by atoms with Crippen molar-refractivity contribution in [3.8, 4) is 0 Å². The summed E-state index contributed by atoms with van der Waals surface area (Å²) in [5.41, 5.74) is 0.635. The van der Waals surface area contributed by atoms with Crippen LogP contribution in [0.3, 0.4) is 0 Å². The van der Waals surface area contributed by atoms with E-state index in [1.165, 1.54) is 6.07 Å². The molecule has 0 bridgehead atoms. The quantitative estimate of drug-likeness (QED) is 0.747. The molecule has 108 valence electrons. The van der Waals surface area contributed by atoms with Gasteiger partial charge in [-0.3, -0.25) is 4.98 Å². The summed E-state index contributed by atoms with van der Waals surface area (Å²) in [4.78, 5) is 4.35. The van der Waals surface area contributed by atoms with Crippen molar-refractivity contribution in [1.82, 2.24) is 4.98 Å². The Balaban J connectivity index is 2.23. The van der Waals surface area contributed by atoms with Gasteiger partial charge in [0.1, 0.15) is 0 Å². The number of halogens is 3. The molecular formula is C16H18F3N. The van der Waals surface area contributed by atoms with Crippen molar-refractivity contribution in [2.24, 2.45) is 5.92 Å². The highest BCUT2D eigenvalue weighted by Crippen LogP contribution is 2.31. The molecule has 0 unspecified atom stereocenters. The number of fused-ring (bicyclic) bond motifs is 1. The number of hydrogen-bond acceptors (Lipinski definition) is 1. The predicted molar refractivity (Wildman–Crippen MR) is 74.5 cm³/mol. The normalized spacial score (nSPS) is 12.3. The van der Waals surface area contributed by atoms with Gasteiger partial charge in [0.25, 0.3) is 0 Å². The number of alkyl halides is 3. The van der Waals surface area contributed by atoms with Crippen LogP contribution in [0.4, 0.5) is 13.2 Å². The van der Waals surface area contributed by atoms with E-state index in [1.54, 1.807) is 0 Å². The van der Waals surface area contributed by atoms with Crippen LogP contribution >= 0.6 is 0 Å². The molecule has 0 amide bonds. The third kappa shape index (κ3) is 3.71. The molecule has 0 aliphatic carbocycles. The molecule has 0 fully saturated rings. The summed E-state index contributed by atoms with van der Waals surface area (Å²) in [5, 5.41) is 0.741. The second-order valence-corrected chi connectivity index (χ2v) is 5.49. The fourth-order valence-corrected chi connectivity index (χ4v) is 2.17. The van der Waals surface area contributed by atoms with Crippen LogP contribution < -0.4 is 0 Å². The van der Waals surface area contributed by atoms with Crippen LogP contribution in [-0.4, -0.2) is 4.98 Å². The van der Waals surface area contributed by atoms with E-state index in [2.05, 4.69) is 18.8 Å². The summed E-state index contributed by atoms with van der Waals surface area (Å²) >= 11 is 0. The molecule has 0 aliphatic rings. The monoisotopic (exact) mass is 281 g/mol. The Morgan fingerprint density at radius 1 is 1.10 bits per heavy atom. The molecule has 2 aromatic rings. The van der Waals surface area contributed by atoms with Gasteiger partial charge in [-0.2, -0.15) is 13.2 Å². The molecule has 0 atom stereocenters. The zero-order valence-corrected chi connectivity index (χ0v) is 11.7. The average molecular weight is 281 g/mol. The van der Waals surface area contributed by atoms with Crippen molar-refractivity contribution in [2.45, 2.75) is 39.3 Å². The standard InChI is InChI=1S/C16H18F3N/c1-11(2)4-3-5-14-9-7-12-6-8-13(16(17,18)19)10-15(12)20-14/h6-11H,3-5H2,1-2H3. The molecule has 1 nitrogen and oxygen atoms in total. The summed E-state index contributed by atoms with van der Waals surface area (Å²) in [6, 6.07) is 7.44. The van der Waals surface area contributed by atoms with Crippen molar-refractivity contribution < 1.29 is 13.2 Å². The maximum absolute atomic E-state index is 12.7. The summed E-state index contributed by atoms with van der Waals surface area (Å²) in [6.07, 6.45) is -1.40. The topological polar surface area (TPSA) is 12.9 Å². The van der Waals surface area contributed by atoms with Crippen molar-refractivity contribution in [3.63, 3.8) is 0 Å². The van der Waals surface area contributed by atoms with Crippen LogP contribution in [0.1, 0.15) is 37.9 Å². The summed E-state index contributed by atoms with van der Waals surface area (Å²) < 4.78 is 38.0. The summed E-state index contributed by atoms with van der Waals surface area (Å²) in [5.74, 6) is 0.632. The van der Waals surface area contributed by atoms with Gasteiger partial charge in [0.15, 0.2) is 0 Å². The molecular weight excluding hydrogens is 263 g/mol. The Labute approximate surface area is 116 Å². The molecule has 1 aromatic carbocycles. The zero-order chi connectivity index (χ0) is 14.8. The van der Waals surface area contributed by atoms with Gasteiger partial charge in [-0.1, -0.05) is 32.4 Å². The Hall–Kier alpha value is -1.58. The lowest BCUT2D eigenvalue weighted by Gasteiger charge is -2.09. The van der Waals surface area contributed by atoms with E-state index in [0.717, 1.165) is 42.5 Å². The first-order chi connectivity index (χ1) is 9.36. The highest BCUT2D eigenvalue weighted by Gasteiger charge is 2.30. The molecule has 0 saturated carbocycles. The Bertz CT molecular complexity index is 588. The second-order valence-electron chi connectivity index (χ2n) is 5.49. The largest absolute Gasteiger partial charge is 0.416 e. The average Bonchev–Trinajstić information content (AvgIpc) is 2.36. The molecule has 20 heavy (non-hydrogen) atoms. The Morgan fingerprint density at radius 3 is 2.45 bits per heavy atom. The van der Waals surface area contributed by atoms with Gasteiger partial charge in [-0.05, 0) is 37.0 Å². The van der Waals surface area contributed by atoms with Crippen molar-refractivity contribution >= 4 is 10.9 Å². The first-order valence-corrected chi connectivity index (χ1v) is 6.83. The van der Waals surface area contributed by atoms with Crippen molar-refractivity contribution in [3.05, 3.63) is 41.6 Å². The number of aromatic nitrogens is 1. The van der Waals surface area contributed by atoms with E-state index in [-0.39, 0.29) is 0 Å². The van der Waals surface area contributed by atoms with Crippen molar-refractivity contribution in [2.75, 3.05) is 0 Å². The number of rotatable bonds is 4. The second kappa shape index (κ2) is 5.81. The smallest absolute Gasteiger partial charge is 0.253 e. The van der Waals surface area contributed by atoms with Gasteiger partial charge in [-0.25, -0.2) is 0 Å². The molecule has 1 aromatic heterocycles. The maximum atomic E-state index is 12.7. The van der Waals surface area contributed by atoms with Crippen LogP contribution in [-0.2, 0) is 12.6 Å². The van der Waals surface area contributed by atoms with Crippen molar-refractivity contribution in [1.29, 1.82) is 0 Å². The number of hydrogen-bond donors (Lipinski definition) is 0. The minimum atomic E-state index is -4.32. The lowest BCUT2D eigenvalue weighted by Crippen LogP contribution is -2.04. The first kappa shape index (κ1) is 14.8. The highest BCUT2D eigenvalue weighted by atomic mass is 19.4. The molecule has 0 saturated heterocycles. The molecule has 0 spiro atoms. The van der Waals surface area contributed by atoms with E-state index < -0.39 is 11.7 Å². The number of aryl methyl sites for hydroxylation is 1. The van der Waals surface area contributed by atoms with Crippen LogP contribution in [0, 0.1) is 5.92 Å². The molecule has 2 rings (SSSR count). The van der Waals surface area contributed by atoms with Gasteiger partial charge in [-0.15, -0.1) is 0 Å². The minimum Gasteiger partial charge on any atom is -0.253 e. The maximum Gasteiger partial charge on any atom is 0.416 e. The van der Waals surface area contributed by atoms with E-state index in [4.69, 9.17) is 0 Å². The number of benzene rings is 1. The summed E-state index contributed by atoms with van der Waals surface area (Å²) in [7, 11) is 0. The molecule has 0 N–H and O–H groups in total. The third-order valence-electron chi connectivity index (χ3n) is 3.29. The highest BCUT2D eigenvalue weighted by molar-refractivity contribution is 5.79. The fourth-order valence-electron chi connectivity index (χ4n) is 2.17. The summed E-state index contributed by atoms with van der Waals surface area (Å²) in [6.45, 7) is 4.31. The van der Waals surface area contributed by atoms with Crippen LogP contribution in [0.5, 0.6) is 0 Å². The number of pyridine rings is 1. The molecule has 0 radical (unpaired) electrons. The molecule has 0 aliphatic heterocycles. The Kier molecular flexibility index (Phi) is 4.31. The van der Waals surface area contributed by atoms with Gasteiger partial charge in [0, 0.05) is 11.1 Å². The Morgan fingerprint density at radius 2 is 1.80 bits per heavy atom. The fraction of sp³-hybridized carbons (Fsp3) is 0.438. The SMILES string of the molecule is CC(C)CCCc1ccc2ccc(C(F)(F)F)cc2n1. The van der Waals surface area contributed by atoms with Crippen LogP contribution in [0.2, 0.25) is 0 Å². The lowest BCUT2D eigenvalue weighted by molar-refractivity contribution is -0.137. The number of nitrogens with zero attached hydrogens (tertiary/aromatic N) is 1. The minimum absolute atomic E-state index is 0.418. The zero-order valence-electron chi connectivity index (χ0n) is 11.7. The lowest BCUT2D eigenvalue weighted by atomic mass is 10.0. The molecule has 4 heteroatoms. The van der Waals surface area contributed by atoms with Gasteiger partial charge in [0.05, 0.1) is 11.1 Å². The molecule has 1 heterocycles. The van der Waals surface area contributed by atoms with E-state index in [0.29, 0.717) is 11.4 Å². The van der Waals surface area contributed by atoms with E-state index >= 15 is 0 Å². The van der Waals surface area contributed by atoms with E-state index in [1.807, 2.05) is 12.1 Å². The predicted octanol–water partition coefficient (Wildman–Crippen LogP) is 5.23. The van der Waals surface area contributed by atoms with Gasteiger partial charge < -0.3 is 0 Å². The first-order valence-electron chi connectivity index (χ1n) is 6.83. The van der Waals surface area contributed by atoms with Gasteiger partial charge >= 0.3 is 6.18 Å². The van der Waals surface area contributed by atoms with E-state index in [9.17, 15) is 13.2 Å². The third-order valence-corrected chi connectivity index (χ3v) is 3.29. The van der Waals surface area contributed by atoms with Crippen LogP contribution in [0.25, 0.3) is 10.9 Å². The van der Waals surface area contributed by atoms with Crippen LogP contribution in [0.15, 0.2) is 30.3 Å². The van der Waals surface area contributed by atoms with Gasteiger partial charge in [0.2, 0.25) is 0 Å².